The molecule has 0 radical (unpaired) electrons. The normalized spacial score (nSPS) is 10.8. The summed E-state index contributed by atoms with van der Waals surface area (Å²) < 4.78 is 17.9. The largest absolute Gasteiger partial charge is 0.490 e. The Morgan fingerprint density at radius 1 is 1.07 bits per heavy atom. The van der Waals surface area contributed by atoms with Crippen molar-refractivity contribution in [3.8, 4) is 11.5 Å². The smallest absolute Gasteiger partial charge is 0.162 e. The van der Waals surface area contributed by atoms with Crippen LogP contribution in [0.3, 0.4) is 0 Å². The van der Waals surface area contributed by atoms with E-state index in [1.807, 2.05) is 43.3 Å². The van der Waals surface area contributed by atoms with Crippen LogP contribution < -0.4 is 14.8 Å². The van der Waals surface area contributed by atoms with Crippen molar-refractivity contribution < 1.29 is 19.3 Å². The summed E-state index contributed by atoms with van der Waals surface area (Å²) in [6, 6.07) is 11.5. The minimum absolute atomic E-state index is 0.0406. The maximum Gasteiger partial charge on any atom is 0.162 e. The van der Waals surface area contributed by atoms with Gasteiger partial charge in [0.25, 0.3) is 0 Å². The lowest BCUT2D eigenvalue weighted by Gasteiger charge is -2.16. The zero-order valence-corrected chi connectivity index (χ0v) is 17.7. The van der Waals surface area contributed by atoms with Crippen molar-refractivity contribution in [1.29, 1.82) is 0 Å². The minimum atomic E-state index is 0.0406. The van der Waals surface area contributed by atoms with Gasteiger partial charge in [-0.25, -0.2) is 0 Å². The average molecular weight is 459 g/mol. The maximum atomic E-state index is 8.69. The number of hydrogen-bond donors (Lipinski definition) is 2. The van der Waals surface area contributed by atoms with E-state index < -0.39 is 0 Å². The summed E-state index contributed by atoms with van der Waals surface area (Å²) in [5.74, 6) is 1.36. The molecule has 0 amide bonds. The van der Waals surface area contributed by atoms with Gasteiger partial charge in [-0.1, -0.05) is 45.7 Å². The fraction of sp³-hybridized carbons (Fsp3) is 0.400. The highest BCUT2D eigenvalue weighted by Gasteiger charge is 2.12. The van der Waals surface area contributed by atoms with Crippen LogP contribution in [-0.2, 0) is 17.9 Å². The van der Waals surface area contributed by atoms with E-state index in [-0.39, 0.29) is 6.61 Å². The number of halogens is 2. The predicted molar refractivity (Wildman–Crippen MR) is 111 cm³/mol. The lowest BCUT2D eigenvalue weighted by atomic mass is 10.2. The van der Waals surface area contributed by atoms with Crippen molar-refractivity contribution in [2.24, 2.45) is 0 Å². The average Bonchev–Trinajstić information content (AvgIpc) is 2.66. The Balaban J connectivity index is 2.00. The van der Waals surface area contributed by atoms with Gasteiger partial charge in [-0.05, 0) is 30.7 Å². The van der Waals surface area contributed by atoms with Gasteiger partial charge in [0.15, 0.2) is 11.5 Å². The molecule has 7 heteroatoms. The molecular weight excluding hydrogens is 434 g/mol. The van der Waals surface area contributed by atoms with E-state index in [1.165, 1.54) is 0 Å². The highest BCUT2D eigenvalue weighted by molar-refractivity contribution is 9.10. The molecule has 5 nitrogen and oxygen atoms in total. The van der Waals surface area contributed by atoms with Crippen LogP contribution in [0, 0.1) is 0 Å². The van der Waals surface area contributed by atoms with Crippen molar-refractivity contribution in [1.82, 2.24) is 5.32 Å². The van der Waals surface area contributed by atoms with Crippen LogP contribution >= 0.6 is 27.5 Å². The summed E-state index contributed by atoms with van der Waals surface area (Å²) >= 11 is 9.80. The highest BCUT2D eigenvalue weighted by atomic mass is 79.9. The molecule has 2 aromatic rings. The predicted octanol–water partition coefficient (Wildman–Crippen LogP) is 4.18. The first-order valence-electron chi connectivity index (χ1n) is 8.86. The Morgan fingerprint density at radius 2 is 1.85 bits per heavy atom. The van der Waals surface area contributed by atoms with Gasteiger partial charge < -0.3 is 24.6 Å². The van der Waals surface area contributed by atoms with Crippen LogP contribution in [0.2, 0.25) is 5.02 Å². The number of hydrogen-bond acceptors (Lipinski definition) is 5. The fourth-order valence-corrected chi connectivity index (χ4v) is 3.05. The summed E-state index contributed by atoms with van der Waals surface area (Å²) in [7, 11) is 0. The van der Waals surface area contributed by atoms with Crippen molar-refractivity contribution in [3.05, 3.63) is 57.0 Å². The second kappa shape index (κ2) is 12.2. The third-order valence-corrected chi connectivity index (χ3v) is 4.83. The number of rotatable bonds is 12. The molecule has 148 valence electrons. The van der Waals surface area contributed by atoms with E-state index in [9.17, 15) is 0 Å². The molecule has 0 aliphatic carbocycles. The second-order valence-electron chi connectivity index (χ2n) is 5.72. The topological polar surface area (TPSA) is 60.0 Å². The molecule has 2 rings (SSSR count). The van der Waals surface area contributed by atoms with Crippen molar-refractivity contribution in [2.45, 2.75) is 20.1 Å². The van der Waals surface area contributed by atoms with Crippen LogP contribution in [-0.4, -0.2) is 38.1 Å². The first-order valence-corrected chi connectivity index (χ1v) is 10.0. The summed E-state index contributed by atoms with van der Waals surface area (Å²) in [6.45, 7) is 5.16. The molecule has 0 saturated carbocycles. The van der Waals surface area contributed by atoms with E-state index in [1.54, 1.807) is 0 Å². The standard InChI is InChI=1S/C20H25BrClNO4/c1-2-26-19-11-16(13-23-7-9-25-10-8-24)17(21)12-20(19)27-14-15-5-3-4-6-18(15)22/h3-6,11-12,23-24H,2,7-10,13-14H2,1H3. The van der Waals surface area contributed by atoms with Crippen molar-refractivity contribution in [2.75, 3.05) is 33.0 Å². The van der Waals surface area contributed by atoms with Crippen LogP contribution in [0.1, 0.15) is 18.1 Å². The lowest BCUT2D eigenvalue weighted by Crippen LogP contribution is -2.20. The molecule has 2 N–H and O–H groups in total. The Kier molecular flexibility index (Phi) is 9.94. The molecule has 0 atom stereocenters. The van der Waals surface area contributed by atoms with Gasteiger partial charge in [0.1, 0.15) is 6.61 Å². The first kappa shape index (κ1) is 22.0. The van der Waals surface area contributed by atoms with Crippen LogP contribution in [0.4, 0.5) is 0 Å². The third-order valence-electron chi connectivity index (χ3n) is 3.73. The highest BCUT2D eigenvalue weighted by Crippen LogP contribution is 2.34. The van der Waals surface area contributed by atoms with E-state index in [2.05, 4.69) is 21.2 Å². The number of nitrogens with one attached hydrogen (secondary N) is 1. The molecule has 0 aliphatic heterocycles. The quantitative estimate of drug-likeness (QED) is 0.467. The summed E-state index contributed by atoms with van der Waals surface area (Å²) in [6.07, 6.45) is 0. The van der Waals surface area contributed by atoms with Gasteiger partial charge in [-0.15, -0.1) is 0 Å². The van der Waals surface area contributed by atoms with Gasteiger partial charge in [-0.2, -0.15) is 0 Å². The molecular formula is C20H25BrClNO4. The monoisotopic (exact) mass is 457 g/mol. The minimum Gasteiger partial charge on any atom is -0.490 e. The first-order chi connectivity index (χ1) is 13.2. The Bertz CT molecular complexity index is 714. The number of aliphatic hydroxyl groups is 1. The molecule has 0 saturated heterocycles. The zero-order chi connectivity index (χ0) is 19.5. The van der Waals surface area contributed by atoms with Gasteiger partial charge in [-0.3, -0.25) is 0 Å². The number of benzene rings is 2. The fourth-order valence-electron chi connectivity index (χ4n) is 2.40. The van der Waals surface area contributed by atoms with Crippen LogP contribution in [0.25, 0.3) is 0 Å². The van der Waals surface area contributed by atoms with E-state index >= 15 is 0 Å². The molecule has 0 aromatic heterocycles. The molecule has 0 spiro atoms. The van der Waals surface area contributed by atoms with Gasteiger partial charge in [0.05, 0.1) is 26.4 Å². The molecule has 0 fully saturated rings. The SMILES string of the molecule is CCOc1cc(CNCCOCCO)c(Br)cc1OCc1ccccc1Cl. The zero-order valence-electron chi connectivity index (χ0n) is 15.3. The molecule has 0 bridgehead atoms. The van der Waals surface area contributed by atoms with E-state index in [4.69, 9.17) is 30.9 Å². The van der Waals surface area contributed by atoms with Gasteiger partial charge in [0.2, 0.25) is 0 Å². The van der Waals surface area contributed by atoms with Gasteiger partial charge >= 0.3 is 0 Å². The summed E-state index contributed by atoms with van der Waals surface area (Å²) in [4.78, 5) is 0. The Morgan fingerprint density at radius 3 is 2.59 bits per heavy atom. The Hall–Kier alpha value is -1.31. The summed E-state index contributed by atoms with van der Waals surface area (Å²) in [5, 5.41) is 12.7. The van der Waals surface area contributed by atoms with Crippen molar-refractivity contribution in [3.63, 3.8) is 0 Å². The maximum absolute atomic E-state index is 8.69. The molecule has 2 aromatic carbocycles. The molecule has 0 aliphatic rings. The molecule has 0 heterocycles. The van der Waals surface area contributed by atoms with E-state index in [0.717, 1.165) is 15.6 Å². The Labute approximate surface area is 173 Å². The van der Waals surface area contributed by atoms with Gasteiger partial charge in [0, 0.05) is 28.1 Å². The number of aliphatic hydroxyl groups excluding tert-OH is 1. The second-order valence-corrected chi connectivity index (χ2v) is 6.98. The third kappa shape index (κ3) is 7.31. The van der Waals surface area contributed by atoms with Crippen LogP contribution in [0.15, 0.2) is 40.9 Å². The van der Waals surface area contributed by atoms with Crippen LogP contribution in [0.5, 0.6) is 11.5 Å². The summed E-state index contributed by atoms with van der Waals surface area (Å²) in [5.41, 5.74) is 1.98. The van der Waals surface area contributed by atoms with E-state index in [0.29, 0.717) is 56.0 Å². The number of ether oxygens (including phenoxy) is 3. The molecule has 0 unspecified atom stereocenters. The molecule has 27 heavy (non-hydrogen) atoms. The van der Waals surface area contributed by atoms with Crippen molar-refractivity contribution >= 4 is 27.5 Å². The lowest BCUT2D eigenvalue weighted by molar-refractivity contribution is 0.0938.